The predicted octanol–water partition coefficient (Wildman–Crippen LogP) is 4.89. The molecule has 1 aromatic carbocycles. The summed E-state index contributed by atoms with van der Waals surface area (Å²) in [4.78, 5) is 23.7. The number of likely N-dealkylation sites (tertiary alicyclic amines) is 1. The van der Waals surface area contributed by atoms with Gasteiger partial charge in [0, 0.05) is 37.1 Å². The zero-order valence-corrected chi connectivity index (χ0v) is 17.7. The third-order valence-corrected chi connectivity index (χ3v) is 6.03. The number of aryl methyl sites for hydroxylation is 1. The molecule has 3 aromatic heterocycles. The molecule has 10 heteroatoms. The van der Waals surface area contributed by atoms with Crippen LogP contribution in [0.1, 0.15) is 40.5 Å². The molecule has 5 rings (SSSR count). The van der Waals surface area contributed by atoms with Crippen molar-refractivity contribution >= 4 is 17.0 Å². The normalized spacial score (nSPS) is 15.3. The standard InChI is InChI=1S/C23H20F3N5O2/c1-14-20-18(22(32)30-8-5-17(6-9-30)31-10-7-27-13-31)12-19(28-21(20)33-29-14)15-3-2-4-16(11-15)23(24,25)26/h2-4,7,10-13,17H,5-6,8-9H2,1H3. The Hall–Kier alpha value is -3.69. The summed E-state index contributed by atoms with van der Waals surface area (Å²) >= 11 is 0. The highest BCUT2D eigenvalue weighted by Gasteiger charge is 2.31. The summed E-state index contributed by atoms with van der Waals surface area (Å²) in [7, 11) is 0. The number of amides is 1. The van der Waals surface area contributed by atoms with Crippen molar-refractivity contribution in [2.45, 2.75) is 32.0 Å². The maximum atomic E-state index is 13.5. The maximum absolute atomic E-state index is 13.5. The van der Waals surface area contributed by atoms with E-state index < -0.39 is 11.7 Å². The van der Waals surface area contributed by atoms with Gasteiger partial charge in [-0.2, -0.15) is 13.2 Å². The van der Waals surface area contributed by atoms with Crippen molar-refractivity contribution in [3.63, 3.8) is 0 Å². The van der Waals surface area contributed by atoms with Crippen molar-refractivity contribution in [1.29, 1.82) is 0 Å². The number of alkyl halides is 3. The molecule has 0 saturated carbocycles. The zero-order valence-electron chi connectivity index (χ0n) is 17.7. The summed E-state index contributed by atoms with van der Waals surface area (Å²) in [5, 5.41) is 4.40. The fourth-order valence-corrected chi connectivity index (χ4v) is 4.29. The quantitative estimate of drug-likeness (QED) is 0.440. The smallest absolute Gasteiger partial charge is 0.338 e. The van der Waals surface area contributed by atoms with E-state index in [1.807, 2.05) is 10.8 Å². The zero-order chi connectivity index (χ0) is 23.2. The highest BCUT2D eigenvalue weighted by Crippen LogP contribution is 2.34. The van der Waals surface area contributed by atoms with E-state index in [4.69, 9.17) is 4.52 Å². The summed E-state index contributed by atoms with van der Waals surface area (Å²) in [6.45, 7) is 2.81. The molecule has 0 aliphatic carbocycles. The Bertz CT molecular complexity index is 1310. The first-order valence-electron chi connectivity index (χ1n) is 10.5. The number of halogens is 3. The van der Waals surface area contributed by atoms with Crippen LogP contribution < -0.4 is 0 Å². The SMILES string of the molecule is Cc1noc2nc(-c3cccc(C(F)(F)F)c3)cc(C(=O)N3CCC(n4ccnc4)CC3)c12. The van der Waals surface area contributed by atoms with Crippen LogP contribution >= 0.6 is 0 Å². The first-order chi connectivity index (χ1) is 15.8. The van der Waals surface area contributed by atoms with E-state index >= 15 is 0 Å². The van der Waals surface area contributed by atoms with Gasteiger partial charge in [0.1, 0.15) is 0 Å². The van der Waals surface area contributed by atoms with Crippen molar-refractivity contribution < 1.29 is 22.5 Å². The van der Waals surface area contributed by atoms with Gasteiger partial charge in [-0.05, 0) is 38.0 Å². The lowest BCUT2D eigenvalue weighted by molar-refractivity contribution is -0.137. The van der Waals surface area contributed by atoms with Crippen LogP contribution in [0.4, 0.5) is 13.2 Å². The molecule has 4 heterocycles. The largest absolute Gasteiger partial charge is 0.416 e. The minimum absolute atomic E-state index is 0.124. The molecule has 33 heavy (non-hydrogen) atoms. The van der Waals surface area contributed by atoms with Crippen LogP contribution in [0.25, 0.3) is 22.4 Å². The lowest BCUT2D eigenvalue weighted by Crippen LogP contribution is -2.39. The number of hydrogen-bond donors (Lipinski definition) is 0. The maximum Gasteiger partial charge on any atom is 0.416 e. The molecule has 1 aliphatic heterocycles. The van der Waals surface area contributed by atoms with E-state index in [1.54, 1.807) is 24.3 Å². The van der Waals surface area contributed by atoms with Crippen LogP contribution in [0.2, 0.25) is 0 Å². The molecule has 0 N–H and O–H groups in total. The topological polar surface area (TPSA) is 77.0 Å². The van der Waals surface area contributed by atoms with E-state index in [0.717, 1.165) is 25.0 Å². The minimum atomic E-state index is -4.48. The van der Waals surface area contributed by atoms with Crippen LogP contribution in [-0.4, -0.2) is 43.6 Å². The molecule has 1 fully saturated rings. The van der Waals surface area contributed by atoms with Gasteiger partial charge in [0.15, 0.2) is 0 Å². The molecule has 1 amide bonds. The first-order valence-corrected chi connectivity index (χ1v) is 10.5. The summed E-state index contributed by atoms with van der Waals surface area (Å²) < 4.78 is 47.0. The molecule has 0 spiro atoms. The number of fused-ring (bicyclic) bond motifs is 1. The molecule has 0 unspecified atom stereocenters. The van der Waals surface area contributed by atoms with Gasteiger partial charge in [-0.3, -0.25) is 4.79 Å². The van der Waals surface area contributed by atoms with Gasteiger partial charge >= 0.3 is 6.18 Å². The van der Waals surface area contributed by atoms with Crippen molar-refractivity contribution in [2.75, 3.05) is 13.1 Å². The summed E-state index contributed by atoms with van der Waals surface area (Å²) in [5.41, 5.74) is 0.635. The highest BCUT2D eigenvalue weighted by molar-refractivity contribution is 6.07. The van der Waals surface area contributed by atoms with Gasteiger partial charge in [-0.15, -0.1) is 0 Å². The van der Waals surface area contributed by atoms with Crippen molar-refractivity contribution in [3.8, 4) is 11.3 Å². The van der Waals surface area contributed by atoms with E-state index in [1.165, 1.54) is 18.2 Å². The number of imidazole rings is 1. The molecule has 1 saturated heterocycles. The average molecular weight is 455 g/mol. The number of rotatable bonds is 3. The lowest BCUT2D eigenvalue weighted by Gasteiger charge is -2.32. The predicted molar refractivity (Wildman–Crippen MR) is 113 cm³/mol. The molecule has 4 aromatic rings. The fraction of sp³-hybridized carbons (Fsp3) is 0.304. The van der Waals surface area contributed by atoms with Crippen molar-refractivity contribution in [1.82, 2.24) is 24.6 Å². The van der Waals surface area contributed by atoms with Gasteiger partial charge in [0.25, 0.3) is 11.6 Å². The second-order valence-corrected chi connectivity index (χ2v) is 8.12. The second-order valence-electron chi connectivity index (χ2n) is 8.12. The van der Waals surface area contributed by atoms with Crippen LogP contribution in [0.15, 0.2) is 53.6 Å². The first kappa shape index (κ1) is 21.2. The van der Waals surface area contributed by atoms with Crippen molar-refractivity contribution in [3.05, 3.63) is 65.9 Å². The summed E-state index contributed by atoms with van der Waals surface area (Å²) in [6, 6.07) is 6.66. The number of nitrogens with zero attached hydrogens (tertiary/aromatic N) is 5. The monoisotopic (exact) mass is 455 g/mol. The number of carbonyl (C=O) groups is 1. The number of piperidine rings is 1. The van der Waals surface area contributed by atoms with E-state index in [-0.39, 0.29) is 28.9 Å². The fourth-order valence-electron chi connectivity index (χ4n) is 4.29. The molecule has 7 nitrogen and oxygen atoms in total. The average Bonchev–Trinajstić information content (AvgIpc) is 3.48. The van der Waals surface area contributed by atoms with E-state index in [2.05, 4.69) is 15.1 Å². The third-order valence-electron chi connectivity index (χ3n) is 6.03. The summed E-state index contributed by atoms with van der Waals surface area (Å²) in [6.07, 6.45) is 2.49. The highest BCUT2D eigenvalue weighted by atomic mass is 19.4. The third kappa shape index (κ3) is 3.96. The molecule has 170 valence electrons. The molecular formula is C23H20F3N5O2. The lowest BCUT2D eigenvalue weighted by atomic mass is 10.0. The molecule has 1 aliphatic rings. The van der Waals surface area contributed by atoms with Crippen LogP contribution in [0.3, 0.4) is 0 Å². The van der Waals surface area contributed by atoms with Gasteiger partial charge in [-0.25, -0.2) is 9.97 Å². The molecule has 0 radical (unpaired) electrons. The van der Waals surface area contributed by atoms with Gasteiger partial charge < -0.3 is 14.0 Å². The Morgan fingerprint density at radius 3 is 2.67 bits per heavy atom. The van der Waals surface area contributed by atoms with E-state index in [0.29, 0.717) is 29.7 Å². The van der Waals surface area contributed by atoms with Gasteiger partial charge in [0.05, 0.1) is 34.2 Å². The number of benzene rings is 1. The molecule has 0 atom stereocenters. The Labute approximate surface area is 186 Å². The number of carbonyl (C=O) groups excluding carboxylic acids is 1. The van der Waals surface area contributed by atoms with Crippen molar-refractivity contribution in [2.24, 2.45) is 0 Å². The Morgan fingerprint density at radius 2 is 1.97 bits per heavy atom. The Morgan fingerprint density at radius 1 is 1.18 bits per heavy atom. The van der Waals surface area contributed by atoms with Crippen LogP contribution in [0, 0.1) is 6.92 Å². The van der Waals surface area contributed by atoms with Crippen LogP contribution in [-0.2, 0) is 6.18 Å². The molecule has 0 bridgehead atoms. The Balaban J connectivity index is 1.49. The number of pyridine rings is 1. The number of hydrogen-bond acceptors (Lipinski definition) is 5. The number of aromatic nitrogens is 4. The second kappa shape index (κ2) is 8.02. The van der Waals surface area contributed by atoms with Gasteiger partial charge in [0.2, 0.25) is 0 Å². The van der Waals surface area contributed by atoms with Crippen LogP contribution in [0.5, 0.6) is 0 Å². The molecular weight excluding hydrogens is 435 g/mol. The minimum Gasteiger partial charge on any atom is -0.338 e. The Kier molecular flexibility index (Phi) is 5.15. The van der Waals surface area contributed by atoms with Gasteiger partial charge in [-0.1, -0.05) is 17.3 Å². The van der Waals surface area contributed by atoms with E-state index in [9.17, 15) is 18.0 Å². The summed E-state index contributed by atoms with van der Waals surface area (Å²) in [5.74, 6) is -0.217.